The Morgan fingerprint density at radius 3 is 2.58 bits per heavy atom. The van der Waals surface area contributed by atoms with Crippen LogP contribution in [-0.2, 0) is 9.84 Å². The fraction of sp³-hybridized carbons (Fsp3) is 0.571. The molecule has 2 saturated carbocycles. The van der Waals surface area contributed by atoms with E-state index in [1.54, 1.807) is 0 Å². The maximum atomic E-state index is 13.3. The molecule has 19 heavy (non-hydrogen) atoms. The SMILES string of the molecule is Nc1cc(F)cc(S(=O)(=O)CC2CC3CCC2C3)c1. The number of halogens is 1. The lowest BCUT2D eigenvalue weighted by Gasteiger charge is -2.21. The van der Waals surface area contributed by atoms with Crippen molar-refractivity contribution in [3.63, 3.8) is 0 Å². The molecule has 104 valence electrons. The van der Waals surface area contributed by atoms with Crippen molar-refractivity contribution in [2.24, 2.45) is 17.8 Å². The van der Waals surface area contributed by atoms with Crippen molar-refractivity contribution in [3.05, 3.63) is 24.0 Å². The van der Waals surface area contributed by atoms with Gasteiger partial charge in [0.15, 0.2) is 9.84 Å². The van der Waals surface area contributed by atoms with E-state index in [1.165, 1.54) is 18.9 Å². The second kappa shape index (κ2) is 4.47. The molecule has 3 nitrogen and oxygen atoms in total. The minimum absolute atomic E-state index is 0.0211. The second-order valence-corrected chi connectivity index (χ2v) is 7.97. The predicted octanol–water partition coefficient (Wildman–Crippen LogP) is 2.62. The van der Waals surface area contributed by atoms with Crippen LogP contribution < -0.4 is 5.73 Å². The summed E-state index contributed by atoms with van der Waals surface area (Å²) in [6.45, 7) is 0. The summed E-state index contributed by atoms with van der Waals surface area (Å²) in [6, 6.07) is 3.56. The van der Waals surface area contributed by atoms with Crippen molar-refractivity contribution in [2.45, 2.75) is 30.6 Å². The van der Waals surface area contributed by atoms with Crippen molar-refractivity contribution < 1.29 is 12.8 Å². The summed E-state index contributed by atoms with van der Waals surface area (Å²) in [7, 11) is -3.43. The summed E-state index contributed by atoms with van der Waals surface area (Å²) < 4.78 is 38.0. The van der Waals surface area contributed by atoms with Crippen LogP contribution in [0.3, 0.4) is 0 Å². The van der Waals surface area contributed by atoms with Gasteiger partial charge < -0.3 is 5.73 Å². The zero-order valence-corrected chi connectivity index (χ0v) is 11.5. The van der Waals surface area contributed by atoms with Crippen molar-refractivity contribution in [2.75, 3.05) is 11.5 Å². The molecule has 0 aliphatic heterocycles. The van der Waals surface area contributed by atoms with Crippen molar-refractivity contribution >= 4 is 15.5 Å². The lowest BCUT2D eigenvalue weighted by Crippen LogP contribution is -2.21. The summed E-state index contributed by atoms with van der Waals surface area (Å²) in [6.07, 6.45) is 4.57. The van der Waals surface area contributed by atoms with Crippen LogP contribution in [0.25, 0.3) is 0 Å². The molecule has 0 aromatic heterocycles. The first-order valence-electron chi connectivity index (χ1n) is 6.73. The Kier molecular flexibility index (Phi) is 3.04. The lowest BCUT2D eigenvalue weighted by atomic mass is 9.90. The minimum atomic E-state index is -3.43. The normalized spacial score (nSPS) is 29.8. The average molecular weight is 283 g/mol. The molecule has 2 bridgehead atoms. The average Bonchev–Trinajstić information content (AvgIpc) is 2.88. The van der Waals surface area contributed by atoms with E-state index >= 15 is 0 Å². The Bertz CT molecular complexity index is 579. The Hall–Kier alpha value is -1.10. The van der Waals surface area contributed by atoms with Gasteiger partial charge in [0.25, 0.3) is 0 Å². The van der Waals surface area contributed by atoms with Crippen LogP contribution in [0.1, 0.15) is 25.7 Å². The number of hydrogen-bond acceptors (Lipinski definition) is 3. The quantitative estimate of drug-likeness (QED) is 0.867. The van der Waals surface area contributed by atoms with E-state index in [2.05, 4.69) is 0 Å². The van der Waals surface area contributed by atoms with E-state index in [1.807, 2.05) is 0 Å². The molecule has 2 aliphatic carbocycles. The first-order chi connectivity index (χ1) is 8.94. The van der Waals surface area contributed by atoms with Crippen LogP contribution in [0.5, 0.6) is 0 Å². The number of benzene rings is 1. The topological polar surface area (TPSA) is 60.2 Å². The predicted molar refractivity (Wildman–Crippen MR) is 71.8 cm³/mol. The monoisotopic (exact) mass is 283 g/mol. The van der Waals surface area contributed by atoms with Crippen LogP contribution in [0.15, 0.2) is 23.1 Å². The van der Waals surface area contributed by atoms with Crippen LogP contribution in [0, 0.1) is 23.6 Å². The highest BCUT2D eigenvalue weighted by molar-refractivity contribution is 7.91. The minimum Gasteiger partial charge on any atom is -0.399 e. The molecule has 0 radical (unpaired) electrons. The van der Waals surface area contributed by atoms with Gasteiger partial charge in [-0.05, 0) is 55.2 Å². The maximum absolute atomic E-state index is 13.3. The highest BCUT2D eigenvalue weighted by atomic mass is 32.2. The van der Waals surface area contributed by atoms with E-state index in [-0.39, 0.29) is 22.3 Å². The van der Waals surface area contributed by atoms with E-state index in [0.717, 1.165) is 25.0 Å². The fourth-order valence-corrected chi connectivity index (χ4v) is 5.49. The Labute approximate surface area is 112 Å². The zero-order chi connectivity index (χ0) is 13.6. The molecule has 2 N–H and O–H groups in total. The molecule has 1 aromatic rings. The van der Waals surface area contributed by atoms with Crippen LogP contribution in [0.4, 0.5) is 10.1 Å². The molecule has 0 spiro atoms. The second-order valence-electron chi connectivity index (χ2n) is 5.94. The maximum Gasteiger partial charge on any atom is 0.178 e. The molecule has 5 heteroatoms. The molecule has 2 fully saturated rings. The molecular formula is C14H18FNO2S. The van der Waals surface area contributed by atoms with Crippen LogP contribution in [-0.4, -0.2) is 14.2 Å². The van der Waals surface area contributed by atoms with E-state index < -0.39 is 15.7 Å². The van der Waals surface area contributed by atoms with Gasteiger partial charge in [0.1, 0.15) is 5.82 Å². The van der Waals surface area contributed by atoms with Crippen molar-refractivity contribution in [1.82, 2.24) is 0 Å². The first kappa shape index (κ1) is 12.9. The van der Waals surface area contributed by atoms with Gasteiger partial charge in [0.2, 0.25) is 0 Å². The van der Waals surface area contributed by atoms with E-state index in [9.17, 15) is 12.8 Å². The first-order valence-corrected chi connectivity index (χ1v) is 8.38. The standard InChI is InChI=1S/C14H18FNO2S/c15-12-5-13(16)7-14(6-12)19(17,18)8-11-4-9-1-2-10(11)3-9/h5-7,9-11H,1-4,8,16H2. The smallest absolute Gasteiger partial charge is 0.178 e. The van der Waals surface area contributed by atoms with Gasteiger partial charge in [-0.3, -0.25) is 0 Å². The fourth-order valence-electron chi connectivity index (χ4n) is 3.72. The zero-order valence-electron chi connectivity index (χ0n) is 10.7. The Morgan fingerprint density at radius 1 is 1.21 bits per heavy atom. The highest BCUT2D eigenvalue weighted by Gasteiger charge is 2.41. The molecule has 1 aromatic carbocycles. The molecule has 3 atom stereocenters. The van der Waals surface area contributed by atoms with Gasteiger partial charge in [0, 0.05) is 5.69 Å². The van der Waals surface area contributed by atoms with Gasteiger partial charge in [-0.25, -0.2) is 12.8 Å². The van der Waals surface area contributed by atoms with E-state index in [4.69, 9.17) is 5.73 Å². The highest BCUT2D eigenvalue weighted by Crippen LogP contribution is 2.49. The number of rotatable bonds is 3. The number of fused-ring (bicyclic) bond motifs is 2. The van der Waals surface area contributed by atoms with Crippen molar-refractivity contribution in [3.8, 4) is 0 Å². The lowest BCUT2D eigenvalue weighted by molar-refractivity contribution is 0.360. The largest absolute Gasteiger partial charge is 0.399 e. The molecule has 0 amide bonds. The summed E-state index contributed by atoms with van der Waals surface area (Å²) in [5.41, 5.74) is 5.68. The number of nitrogen functional groups attached to an aromatic ring is 1. The van der Waals surface area contributed by atoms with Crippen LogP contribution in [0.2, 0.25) is 0 Å². The summed E-state index contributed by atoms with van der Waals surface area (Å²) in [5.74, 6) is 1.05. The van der Waals surface area contributed by atoms with Gasteiger partial charge in [0.05, 0.1) is 10.6 Å². The van der Waals surface area contributed by atoms with E-state index in [0.29, 0.717) is 11.8 Å². The number of nitrogens with two attached hydrogens (primary N) is 1. The summed E-state index contributed by atoms with van der Waals surface area (Å²) in [5, 5.41) is 0. The molecular weight excluding hydrogens is 265 g/mol. The number of sulfone groups is 1. The van der Waals surface area contributed by atoms with Crippen molar-refractivity contribution in [1.29, 1.82) is 0 Å². The summed E-state index contributed by atoms with van der Waals surface area (Å²) in [4.78, 5) is 0.0211. The molecule has 3 unspecified atom stereocenters. The Morgan fingerprint density at radius 2 is 2.00 bits per heavy atom. The van der Waals surface area contributed by atoms with Gasteiger partial charge >= 0.3 is 0 Å². The molecule has 3 rings (SSSR count). The number of anilines is 1. The molecule has 2 aliphatic rings. The summed E-state index contributed by atoms with van der Waals surface area (Å²) >= 11 is 0. The van der Waals surface area contributed by atoms with Gasteiger partial charge in [-0.15, -0.1) is 0 Å². The molecule has 0 heterocycles. The van der Waals surface area contributed by atoms with Gasteiger partial charge in [-0.1, -0.05) is 6.42 Å². The Balaban J connectivity index is 1.82. The third-order valence-electron chi connectivity index (χ3n) is 4.57. The molecule has 0 saturated heterocycles. The third-order valence-corrected chi connectivity index (χ3v) is 6.39. The van der Waals surface area contributed by atoms with Gasteiger partial charge in [-0.2, -0.15) is 0 Å². The van der Waals surface area contributed by atoms with Crippen LogP contribution >= 0.6 is 0 Å². The number of hydrogen-bond donors (Lipinski definition) is 1. The third kappa shape index (κ3) is 2.48.